The van der Waals surface area contributed by atoms with Crippen molar-refractivity contribution in [2.24, 2.45) is 0 Å². The molecule has 0 heterocycles. The van der Waals surface area contributed by atoms with Gasteiger partial charge >= 0.3 is 17.1 Å². The summed E-state index contributed by atoms with van der Waals surface area (Å²) >= 11 is 0. The largest absolute Gasteiger partial charge is 2.00 e. The van der Waals surface area contributed by atoms with Crippen molar-refractivity contribution in [1.29, 1.82) is 0 Å². The van der Waals surface area contributed by atoms with E-state index in [1.165, 1.54) is 12.2 Å². The molecule has 0 aromatic rings. The van der Waals surface area contributed by atoms with Crippen molar-refractivity contribution in [3.63, 3.8) is 0 Å². The molecule has 0 aliphatic rings. The monoisotopic (exact) mass is 285 g/mol. The zero-order chi connectivity index (χ0) is 12.8. The topological polar surface area (TPSA) is 80.3 Å². The number of carboxylic acid groups (broad SMARTS) is 2. The van der Waals surface area contributed by atoms with Crippen molar-refractivity contribution < 1.29 is 36.9 Å². The second kappa shape index (κ2) is 16.8. The fourth-order valence-corrected chi connectivity index (χ4v) is 0.490. The van der Waals surface area contributed by atoms with Gasteiger partial charge in [0, 0.05) is 0 Å². The average Bonchev–Trinajstić information content (AvgIpc) is 2.18. The molecule has 0 aromatic heterocycles. The summed E-state index contributed by atoms with van der Waals surface area (Å²) in [5.74, 6) is -2.33. The molecule has 1 radical (unpaired) electrons. The molecule has 0 N–H and O–H groups in total. The predicted molar refractivity (Wildman–Crippen MR) is 57.9 cm³/mol. The number of aliphatic carboxylic acids is 2. The first-order valence-electron chi connectivity index (χ1n) is 4.55. The molecule has 5 heteroatoms. The molecule has 0 atom stereocenters. The van der Waals surface area contributed by atoms with Gasteiger partial charge in [0.05, 0.1) is 11.9 Å². The van der Waals surface area contributed by atoms with Crippen LogP contribution in [0.5, 0.6) is 0 Å². The van der Waals surface area contributed by atoms with Crippen LogP contribution in [-0.4, -0.2) is 11.9 Å². The van der Waals surface area contributed by atoms with E-state index in [2.05, 4.69) is 0 Å². The van der Waals surface area contributed by atoms with E-state index in [0.29, 0.717) is 0 Å². The number of carbonyl (C=O) groups is 2. The van der Waals surface area contributed by atoms with E-state index >= 15 is 0 Å². The Labute approximate surface area is 112 Å². The molecule has 0 spiro atoms. The number of hydrogen-bond acceptors (Lipinski definition) is 4. The molecule has 0 amide bonds. The van der Waals surface area contributed by atoms with E-state index in [1.54, 1.807) is 38.2 Å². The normalized spacial score (nSPS) is 10.5. The number of carboxylic acids is 2. The molecule has 0 aliphatic carbocycles. The molecular formula is C12H14CuO4. The van der Waals surface area contributed by atoms with Crippen molar-refractivity contribution >= 4 is 11.9 Å². The van der Waals surface area contributed by atoms with Gasteiger partial charge in [-0.25, -0.2) is 0 Å². The third-order valence-corrected chi connectivity index (χ3v) is 1.07. The van der Waals surface area contributed by atoms with Crippen molar-refractivity contribution in [1.82, 2.24) is 0 Å². The SMILES string of the molecule is C/C=C/C=C/C(=O)[O-].C/C=C/C=C/C(=O)[O-].[Cu+2]. The standard InChI is InChI=1S/2C6H8O2.Cu/c2*1-2-3-4-5-6(7)8;/h2*2-5H,1H3,(H,7,8);/q;;+2/p-2/b2*3-2+,5-4+;. The van der Waals surface area contributed by atoms with E-state index in [1.807, 2.05) is 0 Å². The number of allylic oxidation sites excluding steroid dienone is 6. The van der Waals surface area contributed by atoms with E-state index in [4.69, 9.17) is 0 Å². The van der Waals surface area contributed by atoms with E-state index in [-0.39, 0.29) is 17.1 Å². The van der Waals surface area contributed by atoms with E-state index < -0.39 is 11.9 Å². The van der Waals surface area contributed by atoms with Crippen LogP contribution in [-0.2, 0) is 26.7 Å². The Bertz CT molecular complexity index is 282. The van der Waals surface area contributed by atoms with Crippen LogP contribution in [0.3, 0.4) is 0 Å². The van der Waals surface area contributed by atoms with Gasteiger partial charge in [0.1, 0.15) is 0 Å². The van der Waals surface area contributed by atoms with Gasteiger partial charge in [0.15, 0.2) is 0 Å². The molecule has 0 saturated carbocycles. The van der Waals surface area contributed by atoms with Crippen LogP contribution in [0.2, 0.25) is 0 Å². The van der Waals surface area contributed by atoms with Crippen molar-refractivity contribution in [2.75, 3.05) is 0 Å². The van der Waals surface area contributed by atoms with Crippen LogP contribution in [0.4, 0.5) is 0 Å². The quantitative estimate of drug-likeness (QED) is 0.405. The molecule has 0 aromatic carbocycles. The summed E-state index contributed by atoms with van der Waals surface area (Å²) in [6.07, 6.45) is 11.5. The Hall–Kier alpha value is -1.58. The zero-order valence-corrected chi connectivity index (χ0v) is 10.5. The fourth-order valence-electron chi connectivity index (χ4n) is 0.490. The first-order valence-corrected chi connectivity index (χ1v) is 4.55. The smallest absolute Gasteiger partial charge is 0.545 e. The Morgan fingerprint density at radius 3 is 1.24 bits per heavy atom. The molecule has 0 fully saturated rings. The van der Waals surface area contributed by atoms with Gasteiger partial charge in [0.25, 0.3) is 0 Å². The molecule has 4 nitrogen and oxygen atoms in total. The molecule has 0 saturated heterocycles. The van der Waals surface area contributed by atoms with Gasteiger partial charge in [-0.3, -0.25) is 0 Å². The van der Waals surface area contributed by atoms with Crippen LogP contribution in [0, 0.1) is 0 Å². The summed E-state index contributed by atoms with van der Waals surface area (Å²) in [5, 5.41) is 19.3. The van der Waals surface area contributed by atoms with Gasteiger partial charge in [-0.1, -0.05) is 36.5 Å². The van der Waals surface area contributed by atoms with Crippen LogP contribution in [0.15, 0.2) is 48.6 Å². The minimum atomic E-state index is -1.16. The van der Waals surface area contributed by atoms with Gasteiger partial charge in [-0.05, 0) is 26.0 Å². The number of carbonyl (C=O) groups excluding carboxylic acids is 2. The molecule has 0 aliphatic heterocycles. The Kier molecular flexibility index (Phi) is 20.6. The summed E-state index contributed by atoms with van der Waals surface area (Å²) in [6.45, 7) is 3.61. The third kappa shape index (κ3) is 31.4. The maximum Gasteiger partial charge on any atom is 2.00 e. The molecule has 0 unspecified atom stereocenters. The molecule has 0 rings (SSSR count). The second-order valence-corrected chi connectivity index (χ2v) is 2.41. The van der Waals surface area contributed by atoms with Gasteiger partial charge in [-0.2, -0.15) is 0 Å². The molecule has 17 heavy (non-hydrogen) atoms. The summed E-state index contributed by atoms with van der Waals surface area (Å²) in [6, 6.07) is 0. The average molecular weight is 286 g/mol. The van der Waals surface area contributed by atoms with Crippen molar-refractivity contribution in [3.8, 4) is 0 Å². The molecular weight excluding hydrogens is 272 g/mol. The minimum absolute atomic E-state index is 0. The number of hydrogen-bond donors (Lipinski definition) is 0. The summed E-state index contributed by atoms with van der Waals surface area (Å²) in [4.78, 5) is 19.3. The summed E-state index contributed by atoms with van der Waals surface area (Å²) in [7, 11) is 0. The van der Waals surface area contributed by atoms with Crippen molar-refractivity contribution in [3.05, 3.63) is 48.6 Å². The van der Waals surface area contributed by atoms with Gasteiger partial charge in [-0.15, -0.1) is 0 Å². The Morgan fingerprint density at radius 1 is 0.765 bits per heavy atom. The maximum atomic E-state index is 9.64. The maximum absolute atomic E-state index is 9.64. The zero-order valence-electron chi connectivity index (χ0n) is 9.55. The minimum Gasteiger partial charge on any atom is -0.545 e. The first-order chi connectivity index (χ1) is 7.54. The Balaban J connectivity index is -0.000000218. The summed E-state index contributed by atoms with van der Waals surface area (Å²) in [5.41, 5.74) is 0. The van der Waals surface area contributed by atoms with Crippen LogP contribution < -0.4 is 10.2 Å². The molecule has 97 valence electrons. The van der Waals surface area contributed by atoms with Gasteiger partial charge < -0.3 is 19.8 Å². The van der Waals surface area contributed by atoms with Crippen molar-refractivity contribution in [2.45, 2.75) is 13.8 Å². The predicted octanol–water partition coefficient (Wildman–Crippen LogP) is -0.265. The third-order valence-electron chi connectivity index (χ3n) is 1.07. The number of rotatable bonds is 4. The van der Waals surface area contributed by atoms with E-state index in [9.17, 15) is 19.8 Å². The summed E-state index contributed by atoms with van der Waals surface area (Å²) < 4.78 is 0. The van der Waals surface area contributed by atoms with Crippen LogP contribution in [0.25, 0.3) is 0 Å². The first kappa shape index (κ1) is 20.8. The van der Waals surface area contributed by atoms with E-state index in [0.717, 1.165) is 12.2 Å². The fraction of sp³-hybridized carbons (Fsp3) is 0.167. The van der Waals surface area contributed by atoms with Gasteiger partial charge in [0.2, 0.25) is 0 Å². The van der Waals surface area contributed by atoms with Crippen LogP contribution in [0.1, 0.15) is 13.8 Å². The Morgan fingerprint density at radius 2 is 1.06 bits per heavy atom. The second-order valence-electron chi connectivity index (χ2n) is 2.41. The van der Waals surface area contributed by atoms with Crippen LogP contribution >= 0.6 is 0 Å². The molecule has 0 bridgehead atoms.